The second-order valence-electron chi connectivity index (χ2n) is 4.80. The minimum Gasteiger partial charge on any atom is -0.508 e. The van der Waals surface area contributed by atoms with Gasteiger partial charge in [-0.2, -0.15) is 0 Å². The largest absolute Gasteiger partial charge is 0.508 e. The van der Waals surface area contributed by atoms with Crippen LogP contribution in [0.25, 0.3) is 12.2 Å². The van der Waals surface area contributed by atoms with Gasteiger partial charge in [-0.3, -0.25) is 0 Å². The summed E-state index contributed by atoms with van der Waals surface area (Å²) in [6, 6.07) is 6.39. The van der Waals surface area contributed by atoms with Crippen molar-refractivity contribution in [1.29, 1.82) is 0 Å². The fourth-order valence-electron chi connectivity index (χ4n) is 3.13. The summed E-state index contributed by atoms with van der Waals surface area (Å²) in [4.78, 5) is 0. The van der Waals surface area contributed by atoms with E-state index in [1.807, 2.05) is 6.08 Å². The molecule has 1 heteroatoms. The van der Waals surface area contributed by atoms with Gasteiger partial charge in [0, 0.05) is 17.4 Å². The molecule has 0 bridgehead atoms. The zero-order valence-electron chi connectivity index (χ0n) is 9.30. The molecule has 17 heavy (non-hydrogen) atoms. The zero-order valence-corrected chi connectivity index (χ0v) is 9.30. The van der Waals surface area contributed by atoms with Crippen molar-refractivity contribution in [2.24, 2.45) is 5.92 Å². The molecule has 0 fully saturated rings. The van der Waals surface area contributed by atoms with E-state index in [1.165, 1.54) is 16.7 Å². The Morgan fingerprint density at radius 2 is 1.65 bits per heavy atom. The predicted octanol–water partition coefficient (Wildman–Crippen LogP) is 3.82. The molecule has 0 spiro atoms. The highest BCUT2D eigenvalue weighted by Crippen LogP contribution is 2.47. The van der Waals surface area contributed by atoms with Gasteiger partial charge in [-0.05, 0) is 22.8 Å². The number of rotatable bonds is 0. The third-order valence-electron chi connectivity index (χ3n) is 3.92. The van der Waals surface area contributed by atoms with Crippen molar-refractivity contribution in [3.05, 3.63) is 70.5 Å². The van der Waals surface area contributed by atoms with Crippen LogP contribution in [0.15, 0.2) is 53.8 Å². The molecule has 1 nitrogen and oxygen atoms in total. The summed E-state index contributed by atoms with van der Waals surface area (Å²) in [5.74, 6) is 1.11. The minimum atomic E-state index is 0.307. The van der Waals surface area contributed by atoms with Crippen LogP contribution in [0.3, 0.4) is 0 Å². The van der Waals surface area contributed by atoms with Crippen LogP contribution >= 0.6 is 0 Å². The second kappa shape index (κ2) is 3.01. The summed E-state index contributed by atoms with van der Waals surface area (Å²) in [5.41, 5.74) is 5.00. The van der Waals surface area contributed by atoms with Crippen molar-refractivity contribution < 1.29 is 5.11 Å². The third kappa shape index (κ3) is 1.09. The van der Waals surface area contributed by atoms with E-state index in [1.54, 1.807) is 0 Å². The number of hydrogen-bond donors (Lipinski definition) is 1. The van der Waals surface area contributed by atoms with E-state index in [0.29, 0.717) is 17.6 Å². The first kappa shape index (κ1) is 9.06. The Morgan fingerprint density at radius 3 is 2.53 bits per heavy atom. The zero-order chi connectivity index (χ0) is 11.4. The van der Waals surface area contributed by atoms with E-state index in [0.717, 1.165) is 5.57 Å². The lowest BCUT2D eigenvalue weighted by Crippen LogP contribution is -2.22. The third-order valence-corrected chi connectivity index (χ3v) is 3.92. The molecule has 2 atom stereocenters. The highest BCUT2D eigenvalue weighted by Gasteiger charge is 2.34. The van der Waals surface area contributed by atoms with Gasteiger partial charge in [-0.15, -0.1) is 0 Å². The fraction of sp³-hybridized carbons (Fsp3) is 0.125. The molecule has 4 rings (SSSR count). The van der Waals surface area contributed by atoms with Crippen molar-refractivity contribution in [1.82, 2.24) is 0 Å². The standard InChI is InChI=1S/C16H12O/c17-14-9-7-12-5-4-10-2-1-3-11-6-8-13(14)16(12)15(10)11/h1-9,12,16-17H. The maximum atomic E-state index is 9.98. The lowest BCUT2D eigenvalue weighted by Gasteiger charge is -2.35. The molecular formula is C16H12O. The summed E-state index contributed by atoms with van der Waals surface area (Å²) in [6.45, 7) is 0. The molecule has 1 aromatic carbocycles. The molecule has 2 unspecified atom stereocenters. The molecule has 3 aliphatic carbocycles. The van der Waals surface area contributed by atoms with Crippen LogP contribution in [0.1, 0.15) is 22.6 Å². The van der Waals surface area contributed by atoms with E-state index >= 15 is 0 Å². The maximum absolute atomic E-state index is 9.98. The number of aliphatic hydroxyl groups is 1. The molecule has 0 radical (unpaired) electrons. The van der Waals surface area contributed by atoms with Crippen molar-refractivity contribution in [2.75, 3.05) is 0 Å². The maximum Gasteiger partial charge on any atom is 0.119 e. The predicted molar refractivity (Wildman–Crippen MR) is 69.5 cm³/mol. The van der Waals surface area contributed by atoms with E-state index in [9.17, 15) is 5.11 Å². The van der Waals surface area contributed by atoms with E-state index < -0.39 is 0 Å². The normalized spacial score (nSPS) is 27.3. The van der Waals surface area contributed by atoms with Crippen LogP contribution in [-0.2, 0) is 0 Å². The molecule has 1 N–H and O–H groups in total. The van der Waals surface area contributed by atoms with Crippen molar-refractivity contribution >= 4 is 12.2 Å². The van der Waals surface area contributed by atoms with Gasteiger partial charge in [-0.25, -0.2) is 0 Å². The van der Waals surface area contributed by atoms with Crippen LogP contribution < -0.4 is 0 Å². The van der Waals surface area contributed by atoms with Crippen LogP contribution in [0.5, 0.6) is 0 Å². The Morgan fingerprint density at radius 1 is 0.882 bits per heavy atom. The summed E-state index contributed by atoms with van der Waals surface area (Å²) in [5, 5.41) is 9.98. The monoisotopic (exact) mass is 220 g/mol. The quantitative estimate of drug-likeness (QED) is 0.704. The lowest BCUT2D eigenvalue weighted by atomic mass is 9.69. The Bertz CT molecular complexity index is 629. The van der Waals surface area contributed by atoms with Crippen LogP contribution in [-0.4, -0.2) is 5.11 Å². The minimum absolute atomic E-state index is 0.307. The molecule has 1 aromatic rings. The van der Waals surface area contributed by atoms with Crippen molar-refractivity contribution in [2.45, 2.75) is 5.92 Å². The Hall–Kier alpha value is -2.02. The number of hydrogen-bond acceptors (Lipinski definition) is 1. The SMILES string of the molecule is OC1=C2C=Cc3cccc4c3C2C(C=C1)C=C4. The van der Waals surface area contributed by atoms with Gasteiger partial charge >= 0.3 is 0 Å². The van der Waals surface area contributed by atoms with Crippen LogP contribution in [0.2, 0.25) is 0 Å². The van der Waals surface area contributed by atoms with Gasteiger partial charge in [0.05, 0.1) is 0 Å². The highest BCUT2D eigenvalue weighted by atomic mass is 16.3. The van der Waals surface area contributed by atoms with E-state index in [-0.39, 0.29) is 0 Å². The molecule has 0 aliphatic heterocycles. The van der Waals surface area contributed by atoms with Crippen molar-refractivity contribution in [3.8, 4) is 0 Å². The Balaban J connectivity index is 2.09. The van der Waals surface area contributed by atoms with Gasteiger partial charge in [0.1, 0.15) is 5.76 Å². The van der Waals surface area contributed by atoms with Crippen molar-refractivity contribution in [3.63, 3.8) is 0 Å². The molecular weight excluding hydrogens is 208 g/mol. The van der Waals surface area contributed by atoms with Gasteiger partial charge in [0.15, 0.2) is 0 Å². The average molecular weight is 220 g/mol. The number of benzene rings is 1. The van der Waals surface area contributed by atoms with Gasteiger partial charge in [-0.1, -0.05) is 48.6 Å². The first-order valence-electron chi connectivity index (χ1n) is 5.95. The summed E-state index contributed by atoms with van der Waals surface area (Å²) < 4.78 is 0. The van der Waals surface area contributed by atoms with Crippen LogP contribution in [0, 0.1) is 5.92 Å². The Kier molecular flexibility index (Phi) is 1.60. The highest BCUT2D eigenvalue weighted by molar-refractivity contribution is 5.74. The second-order valence-corrected chi connectivity index (χ2v) is 4.80. The smallest absolute Gasteiger partial charge is 0.119 e. The van der Waals surface area contributed by atoms with E-state index in [4.69, 9.17) is 0 Å². The average Bonchev–Trinajstić information content (AvgIpc) is 2.38. The fourth-order valence-corrected chi connectivity index (χ4v) is 3.13. The molecule has 0 heterocycles. The molecule has 0 amide bonds. The molecule has 3 aliphatic rings. The molecule has 0 saturated carbocycles. The lowest BCUT2D eigenvalue weighted by molar-refractivity contribution is 0.412. The molecule has 0 saturated heterocycles. The summed E-state index contributed by atoms with van der Waals surface area (Å²) >= 11 is 0. The first-order valence-corrected chi connectivity index (χ1v) is 5.95. The molecule has 82 valence electrons. The first-order chi connectivity index (χ1) is 8.34. The van der Waals surface area contributed by atoms with Gasteiger partial charge in [0.25, 0.3) is 0 Å². The van der Waals surface area contributed by atoms with Crippen LogP contribution in [0.4, 0.5) is 0 Å². The topological polar surface area (TPSA) is 20.2 Å². The Labute approximate surface area is 100 Å². The summed E-state index contributed by atoms with van der Waals surface area (Å²) in [7, 11) is 0. The summed E-state index contributed by atoms with van der Waals surface area (Å²) in [6.07, 6.45) is 12.5. The van der Waals surface area contributed by atoms with Gasteiger partial charge < -0.3 is 5.11 Å². The number of aliphatic hydroxyl groups excluding tert-OH is 1. The van der Waals surface area contributed by atoms with Gasteiger partial charge in [0.2, 0.25) is 0 Å². The van der Waals surface area contributed by atoms with E-state index in [2.05, 4.69) is 48.6 Å². The molecule has 0 aromatic heterocycles. The number of allylic oxidation sites excluding steroid dienone is 5.